The Bertz CT molecular complexity index is 516. The normalized spacial score (nSPS) is 12.4. The number of aromatic nitrogens is 2. The minimum absolute atomic E-state index is 0.0809. The third-order valence-electron chi connectivity index (χ3n) is 3.04. The fourth-order valence-corrected chi connectivity index (χ4v) is 2.08. The summed E-state index contributed by atoms with van der Waals surface area (Å²) in [6.07, 6.45) is 2.04. The lowest BCUT2D eigenvalue weighted by atomic mass is 10.1. The number of aliphatic hydroxyl groups excluding tert-OH is 1. The third-order valence-corrected chi connectivity index (χ3v) is 3.04. The zero-order valence-corrected chi connectivity index (χ0v) is 11.0. The van der Waals surface area contributed by atoms with Crippen LogP contribution in [0.2, 0.25) is 0 Å². The molecule has 0 saturated carbocycles. The van der Waals surface area contributed by atoms with Crippen LogP contribution in [-0.4, -0.2) is 14.9 Å². The van der Waals surface area contributed by atoms with Crippen molar-refractivity contribution in [2.75, 3.05) is 5.32 Å². The van der Waals surface area contributed by atoms with Crippen molar-refractivity contribution in [1.82, 2.24) is 9.78 Å². The van der Waals surface area contributed by atoms with Crippen molar-refractivity contribution in [2.45, 2.75) is 26.5 Å². The predicted molar refractivity (Wildman–Crippen MR) is 72.3 cm³/mol. The molecule has 0 aliphatic rings. The first kappa shape index (κ1) is 12.6. The van der Waals surface area contributed by atoms with Crippen LogP contribution in [0.5, 0.6) is 0 Å². The molecule has 4 heteroatoms. The van der Waals surface area contributed by atoms with E-state index < -0.39 is 0 Å². The molecule has 2 rings (SSSR count). The van der Waals surface area contributed by atoms with Gasteiger partial charge >= 0.3 is 0 Å². The van der Waals surface area contributed by atoms with Crippen LogP contribution in [-0.2, 0) is 13.7 Å². The van der Waals surface area contributed by atoms with Gasteiger partial charge in [-0.3, -0.25) is 4.68 Å². The van der Waals surface area contributed by atoms with E-state index in [1.165, 1.54) is 5.56 Å². The lowest BCUT2D eigenvalue weighted by molar-refractivity contribution is 0.282. The Kier molecular flexibility index (Phi) is 3.67. The maximum absolute atomic E-state index is 9.00. The van der Waals surface area contributed by atoms with Crippen molar-refractivity contribution >= 4 is 5.69 Å². The summed E-state index contributed by atoms with van der Waals surface area (Å²) in [6, 6.07) is 8.01. The number of hydrogen-bond donors (Lipinski definition) is 2. The maximum atomic E-state index is 9.00. The Labute approximate surface area is 107 Å². The van der Waals surface area contributed by atoms with Crippen LogP contribution in [0.4, 0.5) is 5.69 Å². The molecule has 1 heterocycles. The third kappa shape index (κ3) is 2.71. The van der Waals surface area contributed by atoms with Gasteiger partial charge in [-0.05, 0) is 31.5 Å². The highest BCUT2D eigenvalue weighted by molar-refractivity contribution is 5.46. The minimum atomic E-state index is 0.0809. The van der Waals surface area contributed by atoms with Crippen molar-refractivity contribution in [3.8, 4) is 0 Å². The first-order chi connectivity index (χ1) is 8.60. The summed E-state index contributed by atoms with van der Waals surface area (Å²) in [6.45, 7) is 4.21. The first-order valence-electron chi connectivity index (χ1n) is 6.06. The van der Waals surface area contributed by atoms with Crippen LogP contribution in [0.1, 0.15) is 29.8 Å². The van der Waals surface area contributed by atoms with Crippen molar-refractivity contribution in [3.05, 3.63) is 47.3 Å². The second-order valence-corrected chi connectivity index (χ2v) is 4.56. The molecule has 0 radical (unpaired) electrons. The number of nitrogens with one attached hydrogen (secondary N) is 1. The summed E-state index contributed by atoms with van der Waals surface area (Å²) >= 11 is 0. The van der Waals surface area contributed by atoms with Crippen molar-refractivity contribution < 1.29 is 5.11 Å². The van der Waals surface area contributed by atoms with Crippen LogP contribution < -0.4 is 5.32 Å². The van der Waals surface area contributed by atoms with E-state index in [2.05, 4.69) is 17.3 Å². The Morgan fingerprint density at radius 3 is 2.50 bits per heavy atom. The number of aliphatic hydroxyl groups is 1. The molecule has 0 spiro atoms. The van der Waals surface area contributed by atoms with Gasteiger partial charge in [0.05, 0.1) is 18.3 Å². The van der Waals surface area contributed by atoms with Gasteiger partial charge in [0, 0.05) is 24.5 Å². The van der Waals surface area contributed by atoms with Gasteiger partial charge in [0.25, 0.3) is 0 Å². The summed E-state index contributed by atoms with van der Waals surface area (Å²) in [4.78, 5) is 0. The SMILES string of the molecule is Cc1nn(C)cc1C(C)Nc1ccc(CO)cc1. The van der Waals surface area contributed by atoms with E-state index >= 15 is 0 Å². The molecule has 18 heavy (non-hydrogen) atoms. The average molecular weight is 245 g/mol. The van der Waals surface area contributed by atoms with Crippen LogP contribution >= 0.6 is 0 Å². The van der Waals surface area contributed by atoms with E-state index in [4.69, 9.17) is 5.11 Å². The van der Waals surface area contributed by atoms with Gasteiger partial charge < -0.3 is 10.4 Å². The zero-order valence-electron chi connectivity index (χ0n) is 11.0. The largest absolute Gasteiger partial charge is 0.392 e. The van der Waals surface area contributed by atoms with Gasteiger partial charge in [-0.25, -0.2) is 0 Å². The highest BCUT2D eigenvalue weighted by atomic mass is 16.3. The fraction of sp³-hybridized carbons (Fsp3) is 0.357. The molecule has 2 aromatic rings. The van der Waals surface area contributed by atoms with Gasteiger partial charge in [0.2, 0.25) is 0 Å². The minimum Gasteiger partial charge on any atom is -0.392 e. The second kappa shape index (κ2) is 5.23. The molecule has 0 aliphatic heterocycles. The maximum Gasteiger partial charge on any atom is 0.0681 e. The van der Waals surface area contributed by atoms with Gasteiger partial charge in [0.1, 0.15) is 0 Å². The number of anilines is 1. The van der Waals surface area contributed by atoms with Gasteiger partial charge in [0.15, 0.2) is 0 Å². The second-order valence-electron chi connectivity index (χ2n) is 4.56. The van der Waals surface area contributed by atoms with E-state index in [-0.39, 0.29) is 12.6 Å². The molecule has 0 saturated heterocycles. The van der Waals surface area contributed by atoms with Gasteiger partial charge in [-0.1, -0.05) is 12.1 Å². The van der Waals surface area contributed by atoms with E-state index in [1.54, 1.807) is 0 Å². The van der Waals surface area contributed by atoms with E-state index in [0.29, 0.717) is 0 Å². The Morgan fingerprint density at radius 1 is 1.33 bits per heavy atom. The van der Waals surface area contributed by atoms with Crippen molar-refractivity contribution in [3.63, 3.8) is 0 Å². The van der Waals surface area contributed by atoms with Crippen LogP contribution in [0, 0.1) is 6.92 Å². The number of benzene rings is 1. The van der Waals surface area contributed by atoms with Crippen molar-refractivity contribution in [2.24, 2.45) is 7.05 Å². The molecule has 1 aromatic carbocycles. The fourth-order valence-electron chi connectivity index (χ4n) is 2.08. The number of rotatable bonds is 4. The lowest BCUT2D eigenvalue weighted by Gasteiger charge is -2.14. The summed E-state index contributed by atoms with van der Waals surface area (Å²) < 4.78 is 1.83. The molecular formula is C14H19N3O. The molecule has 0 aliphatic carbocycles. The van der Waals surface area contributed by atoms with Crippen molar-refractivity contribution in [1.29, 1.82) is 0 Å². The average Bonchev–Trinajstić information content (AvgIpc) is 2.69. The first-order valence-corrected chi connectivity index (χ1v) is 6.06. The smallest absolute Gasteiger partial charge is 0.0681 e. The Morgan fingerprint density at radius 2 is 2.00 bits per heavy atom. The summed E-state index contributed by atoms with van der Waals surface area (Å²) in [5.74, 6) is 0. The highest BCUT2D eigenvalue weighted by Crippen LogP contribution is 2.21. The molecule has 1 atom stereocenters. The topological polar surface area (TPSA) is 50.1 Å². The standard InChI is InChI=1S/C14H19N3O/c1-10(14-8-17(3)16-11(14)2)15-13-6-4-12(9-18)5-7-13/h4-8,10,15,18H,9H2,1-3H3. The van der Waals surface area contributed by atoms with E-state index in [1.807, 2.05) is 49.1 Å². The molecule has 4 nitrogen and oxygen atoms in total. The summed E-state index contributed by atoms with van der Waals surface area (Å²) in [5.41, 5.74) is 4.21. The highest BCUT2D eigenvalue weighted by Gasteiger charge is 2.11. The number of aryl methyl sites for hydroxylation is 2. The Balaban J connectivity index is 2.10. The van der Waals surface area contributed by atoms with Crippen LogP contribution in [0.25, 0.3) is 0 Å². The van der Waals surface area contributed by atoms with E-state index in [9.17, 15) is 0 Å². The molecule has 2 N–H and O–H groups in total. The van der Waals surface area contributed by atoms with Crippen LogP contribution in [0.3, 0.4) is 0 Å². The molecular weight excluding hydrogens is 226 g/mol. The number of hydrogen-bond acceptors (Lipinski definition) is 3. The van der Waals surface area contributed by atoms with E-state index in [0.717, 1.165) is 16.9 Å². The monoisotopic (exact) mass is 245 g/mol. The van der Waals surface area contributed by atoms with Crippen LogP contribution in [0.15, 0.2) is 30.5 Å². The van der Waals surface area contributed by atoms with Gasteiger partial charge in [-0.15, -0.1) is 0 Å². The molecule has 1 unspecified atom stereocenters. The quantitative estimate of drug-likeness (QED) is 0.869. The predicted octanol–water partition coefficient (Wildman–Crippen LogP) is 2.39. The Hall–Kier alpha value is -1.81. The summed E-state index contributed by atoms with van der Waals surface area (Å²) in [5, 5.41) is 16.8. The molecule has 0 amide bonds. The molecule has 0 fully saturated rings. The van der Waals surface area contributed by atoms with Gasteiger partial charge in [-0.2, -0.15) is 5.10 Å². The molecule has 96 valence electrons. The molecule has 0 bridgehead atoms. The zero-order chi connectivity index (χ0) is 13.1. The summed E-state index contributed by atoms with van der Waals surface area (Å²) in [7, 11) is 1.93. The lowest BCUT2D eigenvalue weighted by Crippen LogP contribution is -2.07. The number of nitrogens with zero attached hydrogens (tertiary/aromatic N) is 2. The molecule has 1 aromatic heterocycles.